The van der Waals surface area contributed by atoms with Gasteiger partial charge in [-0.1, -0.05) is 61.0 Å². The van der Waals surface area contributed by atoms with Gasteiger partial charge in [0.2, 0.25) is 0 Å². The first-order valence-electron chi connectivity index (χ1n) is 8.31. The molecule has 23 heavy (non-hydrogen) atoms. The van der Waals surface area contributed by atoms with Gasteiger partial charge in [-0.15, -0.1) is 0 Å². The van der Waals surface area contributed by atoms with Crippen LogP contribution in [0.5, 0.6) is 0 Å². The minimum atomic E-state index is 0.289. The Morgan fingerprint density at radius 3 is 2.13 bits per heavy atom. The third kappa shape index (κ3) is 4.12. The number of nitrogens with one attached hydrogen (secondary N) is 1. The molecule has 1 aliphatic heterocycles. The molecule has 0 aliphatic carbocycles. The van der Waals surface area contributed by atoms with Crippen LogP contribution in [0.3, 0.4) is 0 Å². The molecule has 0 radical (unpaired) electrons. The lowest BCUT2D eigenvalue weighted by molar-refractivity contribution is 0.0748. The third-order valence-corrected chi connectivity index (χ3v) is 4.61. The van der Waals surface area contributed by atoms with E-state index in [0.29, 0.717) is 0 Å². The SMILES string of the molecule is CCNN1CCN(C(c2ccccc2)c2ccc(Cl)cc2)CC1. The van der Waals surface area contributed by atoms with Crippen LogP contribution in [0, 0.1) is 0 Å². The Labute approximate surface area is 143 Å². The number of hydrazine groups is 1. The van der Waals surface area contributed by atoms with Crippen LogP contribution >= 0.6 is 11.6 Å². The van der Waals surface area contributed by atoms with Gasteiger partial charge >= 0.3 is 0 Å². The van der Waals surface area contributed by atoms with Crippen LogP contribution in [0.1, 0.15) is 24.1 Å². The summed E-state index contributed by atoms with van der Waals surface area (Å²) in [6, 6.07) is 19.3. The van der Waals surface area contributed by atoms with Crippen LogP contribution in [0.15, 0.2) is 54.6 Å². The van der Waals surface area contributed by atoms with Crippen LogP contribution in [0.4, 0.5) is 0 Å². The summed E-state index contributed by atoms with van der Waals surface area (Å²) in [5.41, 5.74) is 6.06. The molecular weight excluding hydrogens is 306 g/mol. The van der Waals surface area contributed by atoms with Crippen molar-refractivity contribution in [1.29, 1.82) is 0 Å². The summed E-state index contributed by atoms with van der Waals surface area (Å²) in [5, 5.41) is 3.11. The maximum Gasteiger partial charge on any atom is 0.0602 e. The molecular formula is C19H24ClN3. The summed E-state index contributed by atoms with van der Waals surface area (Å²) in [5.74, 6) is 0. The summed E-state index contributed by atoms with van der Waals surface area (Å²) >= 11 is 6.07. The van der Waals surface area contributed by atoms with E-state index in [2.05, 4.69) is 64.7 Å². The maximum absolute atomic E-state index is 6.07. The Balaban J connectivity index is 1.83. The maximum atomic E-state index is 6.07. The highest BCUT2D eigenvalue weighted by Crippen LogP contribution is 2.30. The van der Waals surface area contributed by atoms with Crippen LogP contribution in [0.25, 0.3) is 0 Å². The second-order valence-electron chi connectivity index (χ2n) is 5.90. The fourth-order valence-electron chi connectivity index (χ4n) is 3.26. The van der Waals surface area contributed by atoms with E-state index in [1.54, 1.807) is 0 Å². The molecule has 1 N–H and O–H groups in total. The van der Waals surface area contributed by atoms with Gasteiger partial charge < -0.3 is 0 Å². The Hall–Kier alpha value is -1.39. The molecule has 1 unspecified atom stereocenters. The van der Waals surface area contributed by atoms with Gasteiger partial charge in [0.25, 0.3) is 0 Å². The van der Waals surface area contributed by atoms with Crippen LogP contribution < -0.4 is 5.43 Å². The van der Waals surface area contributed by atoms with E-state index in [9.17, 15) is 0 Å². The zero-order valence-electron chi connectivity index (χ0n) is 13.6. The molecule has 4 heteroatoms. The fraction of sp³-hybridized carbons (Fsp3) is 0.368. The van der Waals surface area contributed by atoms with Gasteiger partial charge in [0.1, 0.15) is 0 Å². The molecule has 2 aromatic carbocycles. The van der Waals surface area contributed by atoms with Crippen LogP contribution in [-0.2, 0) is 0 Å². The molecule has 1 aliphatic rings. The van der Waals surface area contributed by atoms with Gasteiger partial charge in [0.15, 0.2) is 0 Å². The summed E-state index contributed by atoms with van der Waals surface area (Å²) < 4.78 is 0. The Bertz CT molecular complexity index is 592. The normalized spacial score (nSPS) is 18.0. The van der Waals surface area contributed by atoms with Crippen molar-refractivity contribution in [3.05, 3.63) is 70.7 Å². The monoisotopic (exact) mass is 329 g/mol. The van der Waals surface area contributed by atoms with Crippen molar-refractivity contribution in [1.82, 2.24) is 15.3 Å². The van der Waals surface area contributed by atoms with Crippen molar-refractivity contribution in [3.63, 3.8) is 0 Å². The molecule has 0 amide bonds. The molecule has 1 fully saturated rings. The topological polar surface area (TPSA) is 18.5 Å². The largest absolute Gasteiger partial charge is 0.290 e. The van der Waals surface area contributed by atoms with E-state index in [0.717, 1.165) is 37.7 Å². The zero-order valence-corrected chi connectivity index (χ0v) is 14.3. The van der Waals surface area contributed by atoms with Gasteiger partial charge in [0, 0.05) is 37.7 Å². The molecule has 0 bridgehead atoms. The summed E-state index contributed by atoms with van der Waals surface area (Å²) in [6.45, 7) is 7.33. The minimum Gasteiger partial charge on any atom is -0.290 e. The molecule has 3 nitrogen and oxygen atoms in total. The Kier molecular flexibility index (Phi) is 5.68. The lowest BCUT2D eigenvalue weighted by Gasteiger charge is -2.39. The molecule has 122 valence electrons. The average molecular weight is 330 g/mol. The minimum absolute atomic E-state index is 0.289. The van der Waals surface area contributed by atoms with E-state index in [1.807, 2.05) is 12.1 Å². The van der Waals surface area contributed by atoms with Crippen molar-refractivity contribution >= 4 is 11.6 Å². The Morgan fingerprint density at radius 2 is 1.52 bits per heavy atom. The van der Waals surface area contributed by atoms with Crippen LogP contribution in [-0.4, -0.2) is 42.6 Å². The second kappa shape index (κ2) is 7.93. The van der Waals surface area contributed by atoms with Gasteiger partial charge in [-0.3, -0.25) is 10.3 Å². The highest BCUT2D eigenvalue weighted by Gasteiger charge is 2.26. The summed E-state index contributed by atoms with van der Waals surface area (Å²) in [7, 11) is 0. The number of hydrogen-bond donors (Lipinski definition) is 1. The zero-order chi connectivity index (χ0) is 16.1. The summed E-state index contributed by atoms with van der Waals surface area (Å²) in [4.78, 5) is 2.56. The molecule has 3 rings (SSSR count). The molecule has 0 saturated carbocycles. The predicted molar refractivity (Wildman–Crippen MR) is 96.6 cm³/mol. The van der Waals surface area contributed by atoms with Crippen molar-refractivity contribution in [3.8, 4) is 0 Å². The number of halogens is 1. The fourth-order valence-corrected chi connectivity index (χ4v) is 3.38. The lowest BCUT2D eigenvalue weighted by Crippen LogP contribution is -2.52. The van der Waals surface area contributed by atoms with Crippen LogP contribution in [0.2, 0.25) is 5.02 Å². The van der Waals surface area contributed by atoms with Crippen molar-refractivity contribution in [2.45, 2.75) is 13.0 Å². The Morgan fingerprint density at radius 1 is 0.913 bits per heavy atom. The number of benzene rings is 2. The standard InChI is InChI=1S/C19H24ClN3/c1-2-21-23-14-12-22(13-15-23)19(16-6-4-3-5-7-16)17-8-10-18(20)11-9-17/h3-11,19,21H,2,12-15H2,1H3. The predicted octanol–water partition coefficient (Wildman–Crippen LogP) is 3.57. The van der Waals surface area contributed by atoms with E-state index in [4.69, 9.17) is 11.6 Å². The molecule has 2 aromatic rings. The first-order valence-corrected chi connectivity index (χ1v) is 8.68. The number of nitrogens with zero attached hydrogens (tertiary/aromatic N) is 2. The van der Waals surface area contributed by atoms with Gasteiger partial charge in [-0.2, -0.15) is 0 Å². The second-order valence-corrected chi connectivity index (χ2v) is 6.34. The molecule has 0 aromatic heterocycles. The van der Waals surface area contributed by atoms with Crippen molar-refractivity contribution < 1.29 is 0 Å². The molecule has 0 spiro atoms. The van der Waals surface area contributed by atoms with Gasteiger partial charge in [0.05, 0.1) is 6.04 Å². The quantitative estimate of drug-likeness (QED) is 0.904. The first kappa shape index (κ1) is 16.5. The number of hydrogen-bond acceptors (Lipinski definition) is 3. The summed E-state index contributed by atoms with van der Waals surface area (Å²) in [6.07, 6.45) is 0. The highest BCUT2D eigenvalue weighted by molar-refractivity contribution is 6.30. The van der Waals surface area contributed by atoms with Crippen molar-refractivity contribution in [2.75, 3.05) is 32.7 Å². The van der Waals surface area contributed by atoms with E-state index >= 15 is 0 Å². The highest BCUT2D eigenvalue weighted by atomic mass is 35.5. The lowest BCUT2D eigenvalue weighted by atomic mass is 9.96. The van der Waals surface area contributed by atoms with Crippen molar-refractivity contribution in [2.24, 2.45) is 0 Å². The van der Waals surface area contributed by atoms with E-state index < -0.39 is 0 Å². The third-order valence-electron chi connectivity index (χ3n) is 4.36. The van der Waals surface area contributed by atoms with Gasteiger partial charge in [-0.25, -0.2) is 5.01 Å². The van der Waals surface area contributed by atoms with E-state index in [-0.39, 0.29) is 6.04 Å². The van der Waals surface area contributed by atoms with Gasteiger partial charge in [-0.05, 0) is 23.3 Å². The van der Waals surface area contributed by atoms with E-state index in [1.165, 1.54) is 11.1 Å². The molecule has 1 saturated heterocycles. The molecule has 1 atom stereocenters. The average Bonchev–Trinajstić information content (AvgIpc) is 2.60. The smallest absolute Gasteiger partial charge is 0.0602 e. The number of piperazine rings is 1. The number of rotatable bonds is 5. The molecule has 1 heterocycles. The first-order chi connectivity index (χ1) is 11.3.